The molecule has 0 unspecified atom stereocenters. The summed E-state index contributed by atoms with van der Waals surface area (Å²) in [5, 5.41) is 8.80. The Bertz CT molecular complexity index is 548. The Labute approximate surface area is 125 Å². The SMILES string of the molecule is CC1(C)CN(c2ncccc2/C=C/C(=O)O)CC(C)(C)O1. The van der Waals surface area contributed by atoms with E-state index in [9.17, 15) is 4.79 Å². The van der Waals surface area contributed by atoms with E-state index in [1.807, 2.05) is 12.1 Å². The number of aromatic nitrogens is 1. The lowest BCUT2D eigenvalue weighted by Gasteiger charge is -2.47. The zero-order valence-electron chi connectivity index (χ0n) is 13.0. The van der Waals surface area contributed by atoms with Gasteiger partial charge in [0.25, 0.3) is 0 Å². The van der Waals surface area contributed by atoms with Gasteiger partial charge in [0.2, 0.25) is 0 Å². The number of carboxylic acids is 1. The number of aliphatic carboxylic acids is 1. The molecule has 5 heteroatoms. The van der Waals surface area contributed by atoms with Crippen LogP contribution in [0, 0.1) is 0 Å². The summed E-state index contributed by atoms with van der Waals surface area (Å²) in [5.74, 6) is -0.174. The van der Waals surface area contributed by atoms with Gasteiger partial charge < -0.3 is 14.7 Å². The van der Waals surface area contributed by atoms with Gasteiger partial charge in [0.15, 0.2) is 0 Å². The van der Waals surface area contributed by atoms with Crippen LogP contribution in [0.4, 0.5) is 5.82 Å². The molecule has 5 nitrogen and oxygen atoms in total. The van der Waals surface area contributed by atoms with Crippen molar-refractivity contribution in [2.75, 3.05) is 18.0 Å². The molecular weight excluding hydrogens is 268 g/mol. The van der Waals surface area contributed by atoms with Crippen LogP contribution in [0.1, 0.15) is 33.3 Å². The molecule has 1 aromatic heterocycles. The first kappa shape index (κ1) is 15.5. The summed E-state index contributed by atoms with van der Waals surface area (Å²) in [5.41, 5.74) is 0.230. The van der Waals surface area contributed by atoms with Crippen LogP contribution in [0.5, 0.6) is 0 Å². The number of hydrogen-bond acceptors (Lipinski definition) is 4. The van der Waals surface area contributed by atoms with Crippen LogP contribution in [0.2, 0.25) is 0 Å². The minimum Gasteiger partial charge on any atom is -0.478 e. The van der Waals surface area contributed by atoms with Crippen molar-refractivity contribution < 1.29 is 14.6 Å². The summed E-state index contributed by atoms with van der Waals surface area (Å²) >= 11 is 0. The van der Waals surface area contributed by atoms with E-state index in [0.29, 0.717) is 13.1 Å². The minimum absolute atomic E-state index is 0.285. The smallest absolute Gasteiger partial charge is 0.328 e. The van der Waals surface area contributed by atoms with Crippen molar-refractivity contribution >= 4 is 17.9 Å². The third kappa shape index (κ3) is 4.04. The van der Waals surface area contributed by atoms with Gasteiger partial charge in [-0.2, -0.15) is 0 Å². The molecule has 21 heavy (non-hydrogen) atoms. The number of anilines is 1. The molecule has 1 N–H and O–H groups in total. The fourth-order valence-corrected chi connectivity index (χ4v) is 2.90. The zero-order valence-corrected chi connectivity index (χ0v) is 13.0. The van der Waals surface area contributed by atoms with Crippen molar-refractivity contribution in [1.82, 2.24) is 4.98 Å². The molecule has 0 radical (unpaired) electrons. The second kappa shape index (κ2) is 5.48. The monoisotopic (exact) mass is 290 g/mol. The summed E-state index contributed by atoms with van der Waals surface area (Å²) in [4.78, 5) is 17.3. The van der Waals surface area contributed by atoms with E-state index in [1.165, 1.54) is 0 Å². The largest absolute Gasteiger partial charge is 0.478 e. The lowest BCUT2D eigenvalue weighted by atomic mass is 9.98. The fraction of sp³-hybridized carbons (Fsp3) is 0.500. The molecule has 1 aromatic rings. The van der Waals surface area contributed by atoms with Crippen LogP contribution in [0.3, 0.4) is 0 Å². The highest BCUT2D eigenvalue weighted by Gasteiger charge is 2.38. The molecule has 114 valence electrons. The second-order valence-corrected chi connectivity index (χ2v) is 6.57. The Morgan fingerprint density at radius 1 is 1.33 bits per heavy atom. The number of ether oxygens (including phenoxy) is 1. The molecule has 0 aliphatic carbocycles. The maximum absolute atomic E-state index is 10.7. The van der Waals surface area contributed by atoms with Gasteiger partial charge in [-0.15, -0.1) is 0 Å². The summed E-state index contributed by atoms with van der Waals surface area (Å²) in [7, 11) is 0. The maximum atomic E-state index is 10.7. The molecule has 0 atom stereocenters. The Morgan fingerprint density at radius 2 is 1.95 bits per heavy atom. The Hall–Kier alpha value is -1.88. The van der Waals surface area contributed by atoms with Crippen LogP contribution >= 0.6 is 0 Å². The molecular formula is C16H22N2O3. The van der Waals surface area contributed by atoms with Gasteiger partial charge in [0, 0.05) is 30.9 Å². The maximum Gasteiger partial charge on any atom is 0.328 e. The number of pyridine rings is 1. The highest BCUT2D eigenvalue weighted by atomic mass is 16.5. The van der Waals surface area contributed by atoms with Crippen LogP contribution < -0.4 is 4.90 Å². The predicted octanol–water partition coefficient (Wildman–Crippen LogP) is 2.57. The summed E-state index contributed by atoms with van der Waals surface area (Å²) in [6.45, 7) is 9.63. The van der Waals surface area contributed by atoms with Gasteiger partial charge in [-0.05, 0) is 45.9 Å². The lowest BCUT2D eigenvalue weighted by Crippen LogP contribution is -2.57. The third-order valence-electron chi connectivity index (χ3n) is 3.22. The van der Waals surface area contributed by atoms with Crippen molar-refractivity contribution in [3.8, 4) is 0 Å². The number of carbonyl (C=O) groups is 1. The Balaban J connectivity index is 2.35. The quantitative estimate of drug-likeness (QED) is 0.867. The molecule has 1 aliphatic rings. The van der Waals surface area contributed by atoms with Crippen molar-refractivity contribution in [1.29, 1.82) is 0 Å². The average molecular weight is 290 g/mol. The molecule has 0 amide bonds. The number of rotatable bonds is 3. The van der Waals surface area contributed by atoms with Crippen molar-refractivity contribution in [3.05, 3.63) is 30.0 Å². The van der Waals surface area contributed by atoms with E-state index in [2.05, 4.69) is 37.6 Å². The van der Waals surface area contributed by atoms with Crippen LogP contribution in [0.25, 0.3) is 6.08 Å². The zero-order chi connectivity index (χ0) is 15.7. The van der Waals surface area contributed by atoms with E-state index in [0.717, 1.165) is 17.5 Å². The Morgan fingerprint density at radius 3 is 2.52 bits per heavy atom. The van der Waals surface area contributed by atoms with Gasteiger partial charge in [-0.25, -0.2) is 9.78 Å². The molecule has 2 rings (SSSR count). The second-order valence-electron chi connectivity index (χ2n) is 6.57. The van der Waals surface area contributed by atoms with E-state index in [1.54, 1.807) is 12.3 Å². The van der Waals surface area contributed by atoms with Crippen molar-refractivity contribution in [3.63, 3.8) is 0 Å². The molecule has 0 saturated carbocycles. The third-order valence-corrected chi connectivity index (χ3v) is 3.22. The van der Waals surface area contributed by atoms with Gasteiger partial charge >= 0.3 is 5.97 Å². The highest BCUT2D eigenvalue weighted by Crippen LogP contribution is 2.32. The first-order valence-corrected chi connectivity index (χ1v) is 7.00. The topological polar surface area (TPSA) is 62.7 Å². The molecule has 1 fully saturated rings. The number of hydrogen-bond donors (Lipinski definition) is 1. The van der Waals surface area contributed by atoms with Gasteiger partial charge in [0.05, 0.1) is 11.2 Å². The normalized spacial score (nSPS) is 20.7. The highest BCUT2D eigenvalue weighted by molar-refractivity contribution is 5.86. The minimum atomic E-state index is -0.965. The number of morpholine rings is 1. The van der Waals surface area contributed by atoms with E-state index >= 15 is 0 Å². The van der Waals surface area contributed by atoms with E-state index in [-0.39, 0.29) is 11.2 Å². The molecule has 0 aromatic carbocycles. The first-order chi connectivity index (χ1) is 9.69. The molecule has 2 heterocycles. The molecule has 1 saturated heterocycles. The molecule has 0 spiro atoms. The standard InChI is InChI=1S/C16H22N2O3/c1-15(2)10-18(11-16(3,4)21-15)14-12(6-5-9-17-14)7-8-13(19)20/h5-9H,10-11H2,1-4H3,(H,19,20)/b8-7+. The van der Waals surface area contributed by atoms with Crippen molar-refractivity contribution in [2.24, 2.45) is 0 Å². The summed E-state index contributed by atoms with van der Waals surface area (Å²) < 4.78 is 6.07. The predicted molar refractivity (Wildman–Crippen MR) is 82.4 cm³/mol. The van der Waals surface area contributed by atoms with Gasteiger partial charge in [-0.3, -0.25) is 0 Å². The van der Waals surface area contributed by atoms with Crippen molar-refractivity contribution in [2.45, 2.75) is 38.9 Å². The van der Waals surface area contributed by atoms with Gasteiger partial charge in [0.1, 0.15) is 5.82 Å². The molecule has 0 bridgehead atoms. The number of nitrogens with zero attached hydrogens (tertiary/aromatic N) is 2. The fourth-order valence-electron chi connectivity index (χ4n) is 2.90. The van der Waals surface area contributed by atoms with E-state index < -0.39 is 5.97 Å². The lowest BCUT2D eigenvalue weighted by molar-refractivity contribution is -0.133. The van der Waals surface area contributed by atoms with E-state index in [4.69, 9.17) is 9.84 Å². The number of carboxylic acid groups (broad SMARTS) is 1. The Kier molecular flexibility index (Phi) is 4.05. The average Bonchev–Trinajstić information content (AvgIpc) is 2.33. The van der Waals surface area contributed by atoms with Crippen LogP contribution in [-0.2, 0) is 9.53 Å². The van der Waals surface area contributed by atoms with Crippen LogP contribution in [0.15, 0.2) is 24.4 Å². The summed E-state index contributed by atoms with van der Waals surface area (Å²) in [6, 6.07) is 3.68. The van der Waals surface area contributed by atoms with Gasteiger partial charge in [-0.1, -0.05) is 0 Å². The molecule has 1 aliphatic heterocycles. The van der Waals surface area contributed by atoms with Crippen LogP contribution in [-0.4, -0.2) is 40.4 Å². The summed E-state index contributed by atoms with van der Waals surface area (Å²) in [6.07, 6.45) is 4.44. The first-order valence-electron chi connectivity index (χ1n) is 7.00.